The fourth-order valence-electron chi connectivity index (χ4n) is 4.01. The molecule has 0 radical (unpaired) electrons. The minimum Gasteiger partial charge on any atom is -0.494 e. The number of benzene rings is 2. The number of hydrogen-bond acceptors (Lipinski definition) is 7. The van der Waals surface area contributed by atoms with E-state index in [4.69, 9.17) is 18.7 Å². The molecule has 182 valence electrons. The average Bonchev–Trinajstić information content (AvgIpc) is 3.36. The fourth-order valence-corrected chi connectivity index (χ4v) is 4.01. The van der Waals surface area contributed by atoms with Gasteiger partial charge in [-0.15, -0.1) is 6.58 Å². The first kappa shape index (κ1) is 23.9. The Morgan fingerprint density at radius 3 is 2.54 bits per heavy atom. The molecule has 0 bridgehead atoms. The third-order valence-corrected chi connectivity index (χ3v) is 5.73. The molecule has 2 amide bonds. The number of carbonyl (C=O) groups is 1. The van der Waals surface area contributed by atoms with Crippen molar-refractivity contribution < 1.29 is 23.5 Å². The zero-order chi connectivity index (χ0) is 24.9. The quantitative estimate of drug-likeness (QED) is 0.441. The predicted octanol–water partition coefficient (Wildman–Crippen LogP) is 4.84. The molecule has 1 aliphatic heterocycles. The van der Waals surface area contributed by atoms with Crippen molar-refractivity contribution in [3.8, 4) is 28.6 Å². The summed E-state index contributed by atoms with van der Waals surface area (Å²) in [7, 11) is 3.14. The van der Waals surface area contributed by atoms with Crippen molar-refractivity contribution in [2.45, 2.75) is 19.9 Å². The van der Waals surface area contributed by atoms with Crippen LogP contribution in [0.15, 0.2) is 65.3 Å². The Morgan fingerprint density at radius 2 is 1.89 bits per heavy atom. The van der Waals surface area contributed by atoms with Crippen LogP contribution in [0.3, 0.4) is 0 Å². The molecule has 1 N–H and O–H groups in total. The van der Waals surface area contributed by atoms with Crippen LogP contribution in [0.4, 0.5) is 4.79 Å². The maximum atomic E-state index is 12.9. The standard InChI is InChI=1S/C26H28N4O5/c1-6-14-30-16(3)22(23(27-26(30)31)18-10-13-20(32-4)21(15-18)33-5)25-28-24(29-35-25)17-8-11-19(12-9-17)34-7-2/h6,8-13,15,23H,1,7,14H2,2-5H3,(H,27,31). The van der Waals surface area contributed by atoms with Crippen molar-refractivity contribution in [1.82, 2.24) is 20.4 Å². The van der Waals surface area contributed by atoms with E-state index in [-0.39, 0.29) is 6.03 Å². The Balaban J connectivity index is 1.78. The number of ether oxygens (including phenoxy) is 3. The molecule has 9 nitrogen and oxygen atoms in total. The third-order valence-electron chi connectivity index (χ3n) is 5.73. The summed E-state index contributed by atoms with van der Waals surface area (Å²) in [6, 6.07) is 12.2. The molecule has 1 unspecified atom stereocenters. The van der Waals surface area contributed by atoms with Gasteiger partial charge in [-0.2, -0.15) is 4.98 Å². The van der Waals surface area contributed by atoms with Gasteiger partial charge in [0, 0.05) is 17.8 Å². The van der Waals surface area contributed by atoms with Gasteiger partial charge in [0.15, 0.2) is 11.5 Å². The van der Waals surface area contributed by atoms with E-state index in [0.29, 0.717) is 47.6 Å². The lowest BCUT2D eigenvalue weighted by Crippen LogP contribution is -2.46. The van der Waals surface area contributed by atoms with E-state index in [9.17, 15) is 4.79 Å². The van der Waals surface area contributed by atoms with Crippen LogP contribution in [0, 0.1) is 0 Å². The van der Waals surface area contributed by atoms with Gasteiger partial charge >= 0.3 is 6.03 Å². The van der Waals surface area contributed by atoms with E-state index in [0.717, 1.165) is 16.9 Å². The van der Waals surface area contributed by atoms with Gasteiger partial charge in [0.1, 0.15) is 5.75 Å². The van der Waals surface area contributed by atoms with Crippen LogP contribution < -0.4 is 19.5 Å². The minimum absolute atomic E-state index is 0.253. The van der Waals surface area contributed by atoms with E-state index < -0.39 is 6.04 Å². The maximum absolute atomic E-state index is 12.9. The Bertz CT molecular complexity index is 1250. The van der Waals surface area contributed by atoms with Gasteiger partial charge < -0.3 is 24.1 Å². The van der Waals surface area contributed by atoms with Crippen molar-refractivity contribution in [2.75, 3.05) is 27.4 Å². The third kappa shape index (κ3) is 4.70. The van der Waals surface area contributed by atoms with Gasteiger partial charge in [0.25, 0.3) is 5.89 Å². The highest BCUT2D eigenvalue weighted by molar-refractivity contribution is 5.87. The first-order valence-electron chi connectivity index (χ1n) is 11.2. The fraction of sp³-hybridized carbons (Fsp3) is 0.269. The molecule has 2 heterocycles. The summed E-state index contributed by atoms with van der Waals surface area (Å²) in [5, 5.41) is 7.24. The minimum atomic E-state index is -0.544. The molecule has 0 aliphatic carbocycles. The van der Waals surface area contributed by atoms with Crippen LogP contribution in [0.2, 0.25) is 0 Å². The van der Waals surface area contributed by atoms with E-state index >= 15 is 0 Å². The van der Waals surface area contributed by atoms with Crippen LogP contribution in [0.1, 0.15) is 31.3 Å². The molecule has 3 aromatic rings. The molecular formula is C26H28N4O5. The summed E-state index contributed by atoms with van der Waals surface area (Å²) in [5.74, 6) is 2.64. The van der Waals surface area contributed by atoms with Gasteiger partial charge in [0.05, 0.1) is 32.4 Å². The van der Waals surface area contributed by atoms with Crippen LogP contribution in [-0.4, -0.2) is 48.4 Å². The summed E-state index contributed by atoms with van der Waals surface area (Å²) in [4.78, 5) is 19.2. The number of methoxy groups -OCH3 is 2. The van der Waals surface area contributed by atoms with Crippen LogP contribution in [0.25, 0.3) is 17.0 Å². The summed E-state index contributed by atoms with van der Waals surface area (Å²) in [6.07, 6.45) is 1.66. The van der Waals surface area contributed by atoms with Crippen molar-refractivity contribution >= 4 is 11.6 Å². The number of amides is 2. The topological polar surface area (TPSA) is 99.0 Å². The molecule has 1 atom stereocenters. The van der Waals surface area contributed by atoms with Crippen molar-refractivity contribution in [1.29, 1.82) is 0 Å². The average molecular weight is 477 g/mol. The highest BCUT2D eigenvalue weighted by Crippen LogP contribution is 2.40. The van der Waals surface area contributed by atoms with E-state index in [1.165, 1.54) is 0 Å². The number of hydrogen-bond donors (Lipinski definition) is 1. The lowest BCUT2D eigenvalue weighted by Gasteiger charge is -2.34. The maximum Gasteiger partial charge on any atom is 0.322 e. The second-order valence-corrected chi connectivity index (χ2v) is 7.78. The Hall–Kier alpha value is -4.27. The summed E-state index contributed by atoms with van der Waals surface area (Å²) in [6.45, 7) is 8.47. The highest BCUT2D eigenvalue weighted by atomic mass is 16.5. The molecule has 9 heteroatoms. The lowest BCUT2D eigenvalue weighted by molar-refractivity contribution is 0.209. The number of urea groups is 1. The number of nitrogens with zero attached hydrogens (tertiary/aromatic N) is 3. The Kier molecular flexibility index (Phi) is 7.05. The Labute approximate surface area is 204 Å². The number of rotatable bonds is 9. The van der Waals surface area contributed by atoms with Crippen molar-refractivity contribution in [3.05, 3.63) is 72.3 Å². The summed E-state index contributed by atoms with van der Waals surface area (Å²) in [5.41, 5.74) is 2.94. The van der Waals surface area contributed by atoms with Crippen molar-refractivity contribution in [3.63, 3.8) is 0 Å². The highest BCUT2D eigenvalue weighted by Gasteiger charge is 2.35. The number of carbonyl (C=O) groups excluding carboxylic acids is 1. The molecule has 2 aromatic carbocycles. The van der Waals surface area contributed by atoms with Gasteiger partial charge in [0.2, 0.25) is 5.82 Å². The SMILES string of the molecule is C=CCN1C(=O)NC(c2ccc(OC)c(OC)c2)C(c2nc(-c3ccc(OCC)cc3)no2)=C1C. The molecule has 0 saturated heterocycles. The molecular weight excluding hydrogens is 448 g/mol. The first-order chi connectivity index (χ1) is 17.0. The molecule has 0 fully saturated rings. The normalized spacial score (nSPS) is 15.6. The van der Waals surface area contributed by atoms with Gasteiger partial charge in [-0.25, -0.2) is 4.79 Å². The zero-order valence-corrected chi connectivity index (χ0v) is 20.2. The van der Waals surface area contributed by atoms with Crippen molar-refractivity contribution in [2.24, 2.45) is 0 Å². The number of nitrogens with one attached hydrogen (secondary N) is 1. The first-order valence-corrected chi connectivity index (χ1v) is 11.2. The van der Waals surface area contributed by atoms with E-state index in [1.54, 1.807) is 31.3 Å². The summed E-state index contributed by atoms with van der Waals surface area (Å²) < 4.78 is 22.1. The molecule has 0 saturated carbocycles. The van der Waals surface area contributed by atoms with Crippen LogP contribution >= 0.6 is 0 Å². The smallest absolute Gasteiger partial charge is 0.322 e. The largest absolute Gasteiger partial charge is 0.494 e. The van der Waals surface area contributed by atoms with Gasteiger partial charge in [-0.3, -0.25) is 4.90 Å². The van der Waals surface area contributed by atoms with Crippen LogP contribution in [0.5, 0.6) is 17.2 Å². The number of aromatic nitrogens is 2. The molecule has 0 spiro atoms. The van der Waals surface area contributed by atoms with Gasteiger partial charge in [-0.05, 0) is 55.8 Å². The molecule has 35 heavy (non-hydrogen) atoms. The van der Waals surface area contributed by atoms with E-state index in [2.05, 4.69) is 22.0 Å². The second kappa shape index (κ2) is 10.3. The monoisotopic (exact) mass is 476 g/mol. The molecule has 1 aliphatic rings. The zero-order valence-electron chi connectivity index (χ0n) is 20.2. The summed E-state index contributed by atoms with van der Waals surface area (Å²) >= 11 is 0. The lowest BCUT2D eigenvalue weighted by atomic mass is 9.94. The van der Waals surface area contributed by atoms with E-state index in [1.807, 2.05) is 50.2 Å². The molecule has 4 rings (SSSR count). The molecule has 1 aromatic heterocycles. The van der Waals surface area contributed by atoms with Gasteiger partial charge in [-0.1, -0.05) is 17.3 Å². The Morgan fingerprint density at radius 1 is 1.14 bits per heavy atom. The number of allylic oxidation sites excluding steroid dienone is 1. The second-order valence-electron chi connectivity index (χ2n) is 7.78. The predicted molar refractivity (Wildman–Crippen MR) is 131 cm³/mol. The van der Waals surface area contributed by atoms with Crippen LogP contribution in [-0.2, 0) is 0 Å².